The molecule has 0 aromatic heterocycles. The Bertz CT molecular complexity index is 372. The van der Waals surface area contributed by atoms with E-state index in [1.54, 1.807) is 12.1 Å². The molecule has 0 spiro atoms. The van der Waals surface area contributed by atoms with Crippen molar-refractivity contribution in [1.82, 2.24) is 0 Å². The molecule has 66 valence electrons. The van der Waals surface area contributed by atoms with Crippen LogP contribution in [0.1, 0.15) is 5.56 Å². The van der Waals surface area contributed by atoms with Crippen LogP contribution in [0.4, 0.5) is 0 Å². The van der Waals surface area contributed by atoms with E-state index >= 15 is 0 Å². The van der Waals surface area contributed by atoms with Crippen molar-refractivity contribution in [3.05, 3.63) is 41.3 Å². The van der Waals surface area contributed by atoms with E-state index in [0.717, 1.165) is 11.0 Å². The topological polar surface area (TPSA) is 60.2 Å². The maximum absolute atomic E-state index is 10.5. The van der Waals surface area contributed by atoms with Gasteiger partial charge in [-0.25, -0.2) is 13.6 Å². The third-order valence-corrected chi connectivity index (χ3v) is 1.77. The van der Waals surface area contributed by atoms with Gasteiger partial charge in [0.25, 0.3) is 0 Å². The van der Waals surface area contributed by atoms with Crippen LogP contribution in [0, 0.1) is 0 Å². The first kappa shape index (κ1) is 12.9. The molecule has 0 unspecified atom stereocenters. The predicted octanol–water partition coefficient (Wildman–Crippen LogP) is 0.297. The van der Waals surface area contributed by atoms with E-state index in [1.807, 2.05) is 18.2 Å². The van der Waals surface area contributed by atoms with Crippen LogP contribution in [0.25, 0.3) is 6.08 Å². The zero-order valence-electron chi connectivity index (χ0n) is 6.34. The second kappa shape index (κ2) is 5.57. The fourth-order valence-electron chi connectivity index (χ4n) is 0.738. The van der Waals surface area contributed by atoms with Crippen LogP contribution in [0.3, 0.4) is 0 Å². The van der Waals surface area contributed by atoms with Gasteiger partial charge in [0.05, 0.1) is 0 Å². The van der Waals surface area contributed by atoms with Crippen molar-refractivity contribution in [3.63, 3.8) is 0 Å². The van der Waals surface area contributed by atoms with Crippen LogP contribution in [-0.4, -0.2) is 38.0 Å². The molecule has 0 saturated carbocycles. The molecule has 0 saturated heterocycles. The Labute approximate surface area is 100.0 Å². The summed E-state index contributed by atoms with van der Waals surface area (Å²) in [6.45, 7) is 0. The maximum atomic E-state index is 10.5. The molecular weight excluding hydrogens is 197 g/mol. The molecule has 2 N–H and O–H groups in total. The molecule has 0 aliphatic carbocycles. The summed E-state index contributed by atoms with van der Waals surface area (Å²) in [5.74, 6) is 0. The third-order valence-electron chi connectivity index (χ3n) is 1.25. The molecule has 5 heteroatoms. The average Bonchev–Trinajstić information content (AvgIpc) is 2.02. The van der Waals surface area contributed by atoms with E-state index in [4.69, 9.17) is 5.14 Å². The zero-order chi connectivity index (χ0) is 9.03. The summed E-state index contributed by atoms with van der Waals surface area (Å²) in [6.07, 6.45) is 1.45. The molecule has 13 heavy (non-hydrogen) atoms. The summed E-state index contributed by atoms with van der Waals surface area (Å²) >= 11 is 0. The van der Waals surface area contributed by atoms with Gasteiger partial charge < -0.3 is 0 Å². The number of nitrogens with two attached hydrogens (primary N) is 1. The van der Waals surface area contributed by atoms with Gasteiger partial charge >= 0.3 is 29.6 Å². The second-order valence-electron chi connectivity index (χ2n) is 2.30. The Morgan fingerprint density at radius 3 is 2.15 bits per heavy atom. The minimum atomic E-state index is -3.50. The Morgan fingerprint density at radius 1 is 1.15 bits per heavy atom. The summed E-state index contributed by atoms with van der Waals surface area (Å²) in [5, 5.41) is 5.74. The molecule has 1 aromatic carbocycles. The second-order valence-corrected chi connectivity index (χ2v) is 3.75. The quantitative estimate of drug-likeness (QED) is 0.709. The van der Waals surface area contributed by atoms with Crippen LogP contribution in [-0.2, 0) is 10.0 Å². The first-order valence-corrected chi connectivity index (χ1v) is 4.95. The molecule has 1 rings (SSSR count). The molecule has 1 aromatic rings. The summed E-state index contributed by atoms with van der Waals surface area (Å²) in [5.41, 5.74) is 0.812. The fourth-order valence-corrected chi connectivity index (χ4v) is 1.08. The standard InChI is InChI=1S/C8H9NO2S.Na.H/c9-12(10,11)7-6-8-4-2-1-3-5-8;;/h1-7H,(H2,9,10,11);;. The first-order valence-electron chi connectivity index (χ1n) is 3.34. The van der Waals surface area contributed by atoms with Gasteiger partial charge in [0, 0.05) is 5.41 Å². The average molecular weight is 207 g/mol. The Kier molecular flexibility index (Phi) is 5.51. The molecule has 0 aliphatic rings. The van der Waals surface area contributed by atoms with E-state index < -0.39 is 10.0 Å². The number of primary sulfonamides is 1. The molecule has 3 nitrogen and oxygen atoms in total. The molecule has 0 heterocycles. The van der Waals surface area contributed by atoms with Gasteiger partial charge in [0.2, 0.25) is 10.0 Å². The zero-order valence-corrected chi connectivity index (χ0v) is 7.16. The molecular formula is C8H10NNaO2S. The van der Waals surface area contributed by atoms with Gasteiger partial charge in [-0.1, -0.05) is 30.3 Å². The summed E-state index contributed by atoms with van der Waals surface area (Å²) < 4.78 is 21.0. The van der Waals surface area contributed by atoms with E-state index in [0.29, 0.717) is 0 Å². The van der Waals surface area contributed by atoms with Gasteiger partial charge in [-0.05, 0) is 11.6 Å². The van der Waals surface area contributed by atoms with E-state index in [1.165, 1.54) is 6.08 Å². The predicted molar refractivity (Wildman–Crippen MR) is 55.7 cm³/mol. The molecule has 0 atom stereocenters. The Morgan fingerprint density at radius 2 is 1.69 bits per heavy atom. The molecule has 0 bridgehead atoms. The van der Waals surface area contributed by atoms with E-state index in [9.17, 15) is 8.42 Å². The van der Waals surface area contributed by atoms with Gasteiger partial charge in [-0.2, -0.15) is 0 Å². The Balaban J connectivity index is 0.00000144. The van der Waals surface area contributed by atoms with Gasteiger partial charge in [-0.15, -0.1) is 0 Å². The van der Waals surface area contributed by atoms with Crippen LogP contribution in [0.2, 0.25) is 0 Å². The van der Waals surface area contributed by atoms with Crippen molar-refractivity contribution < 1.29 is 8.42 Å². The van der Waals surface area contributed by atoms with E-state index in [-0.39, 0.29) is 29.6 Å². The minimum absolute atomic E-state index is 0. The molecule has 0 fully saturated rings. The van der Waals surface area contributed by atoms with Gasteiger partial charge in [-0.3, -0.25) is 0 Å². The van der Waals surface area contributed by atoms with Crippen LogP contribution in [0.15, 0.2) is 35.7 Å². The van der Waals surface area contributed by atoms with Crippen molar-refractivity contribution in [2.24, 2.45) is 5.14 Å². The van der Waals surface area contributed by atoms with Crippen LogP contribution in [0.5, 0.6) is 0 Å². The third kappa shape index (κ3) is 6.01. The van der Waals surface area contributed by atoms with Crippen molar-refractivity contribution in [1.29, 1.82) is 0 Å². The number of sulfonamides is 1. The molecule has 0 radical (unpaired) electrons. The normalized spacial score (nSPS) is 11.2. The van der Waals surface area contributed by atoms with Crippen LogP contribution >= 0.6 is 0 Å². The van der Waals surface area contributed by atoms with Crippen molar-refractivity contribution >= 4 is 45.7 Å². The van der Waals surface area contributed by atoms with Crippen LogP contribution < -0.4 is 5.14 Å². The number of benzene rings is 1. The van der Waals surface area contributed by atoms with Crippen molar-refractivity contribution in [2.45, 2.75) is 0 Å². The summed E-state index contributed by atoms with van der Waals surface area (Å²) in [7, 11) is -3.50. The van der Waals surface area contributed by atoms with Gasteiger partial charge in [0.1, 0.15) is 0 Å². The van der Waals surface area contributed by atoms with E-state index in [2.05, 4.69) is 0 Å². The number of hydrogen-bond donors (Lipinski definition) is 1. The van der Waals surface area contributed by atoms with Crippen molar-refractivity contribution in [3.8, 4) is 0 Å². The Hall–Kier alpha value is -0.130. The number of hydrogen-bond acceptors (Lipinski definition) is 2. The monoisotopic (exact) mass is 207 g/mol. The molecule has 0 aliphatic heterocycles. The van der Waals surface area contributed by atoms with Crippen molar-refractivity contribution in [2.75, 3.05) is 0 Å². The summed E-state index contributed by atoms with van der Waals surface area (Å²) in [4.78, 5) is 0. The van der Waals surface area contributed by atoms with Gasteiger partial charge in [0.15, 0.2) is 0 Å². The SMILES string of the molecule is NS(=O)(=O)C=Cc1ccccc1.[NaH]. The fraction of sp³-hybridized carbons (Fsp3) is 0. The number of rotatable bonds is 2. The molecule has 0 amide bonds. The summed E-state index contributed by atoms with van der Waals surface area (Å²) in [6, 6.07) is 9.09. The first-order chi connectivity index (χ1) is 5.58.